The van der Waals surface area contributed by atoms with Crippen LogP contribution in [0.1, 0.15) is 46.0 Å². The molecule has 1 heteroatoms. The van der Waals surface area contributed by atoms with Crippen LogP contribution in [0.3, 0.4) is 0 Å². The van der Waals surface area contributed by atoms with Crippen LogP contribution in [-0.4, -0.2) is 11.0 Å². The first-order valence-electron chi connectivity index (χ1n) is 3.71. The second-order valence-corrected chi connectivity index (χ2v) is 3.72. The topological polar surface area (TPSA) is 0 Å². The predicted molar refractivity (Wildman–Crippen MR) is 48.2 cm³/mol. The van der Waals surface area contributed by atoms with Crippen LogP contribution in [0.15, 0.2) is 0 Å². The van der Waals surface area contributed by atoms with Crippen molar-refractivity contribution in [1.29, 1.82) is 0 Å². The molecule has 0 aliphatic heterocycles. The zero-order chi connectivity index (χ0) is 6.04. The Hall–Kier alpha value is 0.217. The van der Waals surface area contributed by atoms with Gasteiger partial charge in [0.25, 0.3) is 0 Å². The van der Waals surface area contributed by atoms with E-state index in [9.17, 15) is 0 Å². The summed E-state index contributed by atoms with van der Waals surface area (Å²) in [7, 11) is 0. The molecule has 56 valence electrons. The lowest BCUT2D eigenvalue weighted by atomic mass is 9.78. The molecule has 0 aromatic rings. The molecule has 0 aromatic heterocycles. The van der Waals surface area contributed by atoms with Gasteiger partial charge in [0.2, 0.25) is 0 Å². The van der Waals surface area contributed by atoms with Crippen molar-refractivity contribution in [2.45, 2.75) is 46.0 Å². The van der Waals surface area contributed by atoms with Crippen molar-refractivity contribution < 1.29 is 0 Å². The van der Waals surface area contributed by atoms with Gasteiger partial charge in [0.15, 0.2) is 0 Å². The lowest BCUT2D eigenvalue weighted by Gasteiger charge is -2.28. The summed E-state index contributed by atoms with van der Waals surface area (Å²) < 4.78 is 0. The monoisotopic (exact) mass is 144 g/mol. The molecule has 0 radical (unpaired) electrons. The van der Waals surface area contributed by atoms with Crippen LogP contribution in [-0.2, 0) is 0 Å². The summed E-state index contributed by atoms with van der Waals surface area (Å²) in [6.07, 6.45) is 7.31. The number of rotatable bonds is 0. The van der Waals surface area contributed by atoms with E-state index in [4.69, 9.17) is 0 Å². The first-order valence-corrected chi connectivity index (χ1v) is 3.71. The molecule has 0 heterocycles. The van der Waals surface area contributed by atoms with E-state index < -0.39 is 0 Å². The molecule has 0 spiro atoms. The third-order valence-electron chi connectivity index (χ3n) is 2.21. The normalized spacial score (nSPS) is 24.7. The SMILES string of the molecule is CC1(C)CCCCC1.[SiH4]. The van der Waals surface area contributed by atoms with Crippen molar-refractivity contribution in [3.05, 3.63) is 0 Å². The third-order valence-corrected chi connectivity index (χ3v) is 2.21. The summed E-state index contributed by atoms with van der Waals surface area (Å²) in [4.78, 5) is 0. The van der Waals surface area contributed by atoms with E-state index in [0.29, 0.717) is 5.41 Å². The average Bonchev–Trinajstić information content (AvgIpc) is 1.65. The molecule has 9 heavy (non-hydrogen) atoms. The maximum atomic E-state index is 2.38. The summed E-state index contributed by atoms with van der Waals surface area (Å²) in [5, 5.41) is 0. The first-order chi connectivity index (χ1) is 3.71. The van der Waals surface area contributed by atoms with Gasteiger partial charge in [-0.15, -0.1) is 0 Å². The Labute approximate surface area is 63.1 Å². The van der Waals surface area contributed by atoms with Crippen molar-refractivity contribution in [3.63, 3.8) is 0 Å². The largest absolute Gasteiger partial charge is 0.0599 e. The quantitative estimate of drug-likeness (QED) is 0.452. The maximum Gasteiger partial charge on any atom is -0.0149 e. The summed E-state index contributed by atoms with van der Waals surface area (Å²) in [5.41, 5.74) is 0.679. The Kier molecular flexibility index (Phi) is 3.48. The molecule has 1 rings (SSSR count). The third kappa shape index (κ3) is 3.04. The van der Waals surface area contributed by atoms with Gasteiger partial charge in [-0.05, 0) is 29.2 Å². The van der Waals surface area contributed by atoms with E-state index in [1.54, 1.807) is 0 Å². The highest BCUT2D eigenvalue weighted by atomic mass is 28.1. The smallest absolute Gasteiger partial charge is 0.0149 e. The van der Waals surface area contributed by atoms with E-state index in [0.717, 1.165) is 0 Å². The van der Waals surface area contributed by atoms with Crippen LogP contribution in [0, 0.1) is 5.41 Å². The fourth-order valence-electron chi connectivity index (χ4n) is 1.51. The lowest BCUT2D eigenvalue weighted by Crippen LogP contribution is -2.14. The highest BCUT2D eigenvalue weighted by molar-refractivity contribution is 5.75. The molecule has 1 aliphatic carbocycles. The summed E-state index contributed by atoms with van der Waals surface area (Å²) >= 11 is 0. The van der Waals surface area contributed by atoms with E-state index in [1.807, 2.05) is 0 Å². The molecule has 0 atom stereocenters. The first kappa shape index (κ1) is 9.22. The Morgan fingerprint density at radius 2 is 1.33 bits per heavy atom. The van der Waals surface area contributed by atoms with Gasteiger partial charge in [0, 0.05) is 0 Å². The maximum absolute atomic E-state index is 2.38. The molecule has 1 saturated carbocycles. The molecule has 0 saturated heterocycles. The van der Waals surface area contributed by atoms with Gasteiger partial charge in [0.1, 0.15) is 0 Å². The van der Waals surface area contributed by atoms with Crippen LogP contribution < -0.4 is 0 Å². The summed E-state index contributed by atoms with van der Waals surface area (Å²) in [5.74, 6) is 0. The van der Waals surface area contributed by atoms with Gasteiger partial charge in [-0.1, -0.05) is 33.1 Å². The second-order valence-electron chi connectivity index (χ2n) is 3.72. The van der Waals surface area contributed by atoms with Gasteiger partial charge in [-0.25, -0.2) is 0 Å². The zero-order valence-corrected chi connectivity index (χ0v) is 6.04. The van der Waals surface area contributed by atoms with Crippen LogP contribution in [0.5, 0.6) is 0 Å². The zero-order valence-electron chi connectivity index (χ0n) is 6.04. The summed E-state index contributed by atoms with van der Waals surface area (Å²) in [6.45, 7) is 4.76. The van der Waals surface area contributed by atoms with Gasteiger partial charge in [0.05, 0.1) is 0 Å². The minimum Gasteiger partial charge on any atom is -0.0599 e. The van der Waals surface area contributed by atoms with Crippen molar-refractivity contribution in [3.8, 4) is 0 Å². The average molecular weight is 144 g/mol. The van der Waals surface area contributed by atoms with Crippen LogP contribution >= 0.6 is 0 Å². The highest BCUT2D eigenvalue weighted by Crippen LogP contribution is 2.34. The van der Waals surface area contributed by atoms with E-state index in [-0.39, 0.29) is 11.0 Å². The Morgan fingerprint density at radius 3 is 1.56 bits per heavy atom. The molecule has 0 N–H and O–H groups in total. The van der Waals surface area contributed by atoms with E-state index in [2.05, 4.69) is 13.8 Å². The number of hydrogen-bond donors (Lipinski definition) is 0. The highest BCUT2D eigenvalue weighted by Gasteiger charge is 2.19. The predicted octanol–water partition coefficient (Wildman–Crippen LogP) is 1.53. The van der Waals surface area contributed by atoms with Gasteiger partial charge >= 0.3 is 0 Å². The van der Waals surface area contributed by atoms with Crippen molar-refractivity contribution in [2.24, 2.45) is 5.41 Å². The van der Waals surface area contributed by atoms with E-state index >= 15 is 0 Å². The standard InChI is InChI=1S/C8H16.H4Si/c1-8(2)6-4-3-5-7-8;/h3-7H2,1-2H3;1H4. The second kappa shape index (κ2) is 3.40. The molecule has 1 fully saturated rings. The van der Waals surface area contributed by atoms with Gasteiger partial charge in [-0.3, -0.25) is 0 Å². The Balaban J connectivity index is 0.000000640. The van der Waals surface area contributed by atoms with Crippen molar-refractivity contribution >= 4 is 11.0 Å². The van der Waals surface area contributed by atoms with Gasteiger partial charge in [-0.2, -0.15) is 0 Å². The fourth-order valence-corrected chi connectivity index (χ4v) is 1.51. The van der Waals surface area contributed by atoms with E-state index in [1.165, 1.54) is 32.1 Å². The van der Waals surface area contributed by atoms with Gasteiger partial charge < -0.3 is 0 Å². The van der Waals surface area contributed by atoms with Crippen LogP contribution in [0.4, 0.5) is 0 Å². The molecule has 0 unspecified atom stereocenters. The fraction of sp³-hybridized carbons (Fsp3) is 1.00. The van der Waals surface area contributed by atoms with Crippen LogP contribution in [0.2, 0.25) is 0 Å². The minimum absolute atomic E-state index is 0. The Morgan fingerprint density at radius 1 is 0.889 bits per heavy atom. The molecule has 0 nitrogen and oxygen atoms in total. The number of hydrogen-bond acceptors (Lipinski definition) is 0. The van der Waals surface area contributed by atoms with Crippen molar-refractivity contribution in [2.75, 3.05) is 0 Å². The molecular formula is C8H20Si. The Bertz CT molecular complexity index is 68.6. The molecule has 0 amide bonds. The molecule has 0 bridgehead atoms. The lowest BCUT2D eigenvalue weighted by molar-refractivity contribution is 0.244. The summed E-state index contributed by atoms with van der Waals surface area (Å²) in [6, 6.07) is 0. The van der Waals surface area contributed by atoms with Crippen molar-refractivity contribution in [1.82, 2.24) is 0 Å². The molecule has 1 aliphatic rings. The molecular weight excluding hydrogens is 124 g/mol. The minimum atomic E-state index is 0. The molecule has 0 aromatic carbocycles. The van der Waals surface area contributed by atoms with Crippen LogP contribution in [0.25, 0.3) is 0 Å².